The maximum absolute atomic E-state index is 11.9. The third-order valence-electron chi connectivity index (χ3n) is 3.14. The number of para-hydroxylation sites is 1. The lowest BCUT2D eigenvalue weighted by molar-refractivity contribution is -0.116. The number of sulfonamides is 1. The van der Waals surface area contributed by atoms with Crippen molar-refractivity contribution in [3.63, 3.8) is 0 Å². The molecule has 120 valence electrons. The second-order valence-corrected chi connectivity index (χ2v) is 6.95. The van der Waals surface area contributed by atoms with E-state index in [1.165, 1.54) is 4.31 Å². The van der Waals surface area contributed by atoms with Gasteiger partial charge in [-0.25, -0.2) is 12.7 Å². The van der Waals surface area contributed by atoms with Crippen LogP contribution >= 0.6 is 0 Å². The predicted octanol–water partition coefficient (Wildman–Crippen LogP) is 1.95. The maximum Gasteiger partial charge on any atom is 0.225 e. The number of rotatable bonds is 8. The summed E-state index contributed by atoms with van der Waals surface area (Å²) in [6, 6.07) is 8.68. The summed E-state index contributed by atoms with van der Waals surface area (Å²) in [6.07, 6.45) is 2.84. The van der Waals surface area contributed by atoms with Crippen LogP contribution in [0.5, 0.6) is 0 Å². The summed E-state index contributed by atoms with van der Waals surface area (Å²) in [6.45, 7) is 2.53. The first-order valence-corrected chi connectivity index (χ1v) is 8.97. The molecule has 0 aliphatic rings. The van der Waals surface area contributed by atoms with Gasteiger partial charge in [-0.2, -0.15) is 5.26 Å². The van der Waals surface area contributed by atoms with Crippen LogP contribution in [0.3, 0.4) is 0 Å². The first kappa shape index (κ1) is 18.1. The van der Waals surface area contributed by atoms with Crippen molar-refractivity contribution >= 4 is 21.6 Å². The average Bonchev–Trinajstić information content (AvgIpc) is 2.46. The van der Waals surface area contributed by atoms with Gasteiger partial charge in [-0.1, -0.05) is 25.5 Å². The molecule has 0 fully saturated rings. The average molecular weight is 323 g/mol. The fourth-order valence-corrected chi connectivity index (χ4v) is 2.79. The molecule has 1 aromatic carbocycles. The van der Waals surface area contributed by atoms with Gasteiger partial charge in [0.2, 0.25) is 15.9 Å². The number of nitriles is 1. The lowest BCUT2D eigenvalue weighted by Gasteiger charge is -2.19. The van der Waals surface area contributed by atoms with Crippen molar-refractivity contribution in [3.05, 3.63) is 29.8 Å². The van der Waals surface area contributed by atoms with Crippen molar-refractivity contribution in [2.45, 2.75) is 26.2 Å². The molecule has 7 heteroatoms. The fourth-order valence-electron chi connectivity index (χ4n) is 1.91. The highest BCUT2D eigenvalue weighted by Crippen LogP contribution is 2.14. The lowest BCUT2D eigenvalue weighted by atomic mass is 10.2. The smallest absolute Gasteiger partial charge is 0.225 e. The van der Waals surface area contributed by atoms with Gasteiger partial charge in [0.15, 0.2) is 0 Å². The molecule has 0 aliphatic heterocycles. The molecule has 1 amide bonds. The quantitative estimate of drug-likeness (QED) is 0.791. The zero-order valence-electron chi connectivity index (χ0n) is 12.9. The highest BCUT2D eigenvalue weighted by molar-refractivity contribution is 7.88. The molecule has 1 aromatic rings. The number of carbonyl (C=O) groups is 1. The number of hydrogen-bond donors (Lipinski definition) is 1. The Balaban J connectivity index is 2.62. The van der Waals surface area contributed by atoms with Crippen LogP contribution in [0, 0.1) is 11.3 Å². The van der Waals surface area contributed by atoms with E-state index < -0.39 is 10.0 Å². The van der Waals surface area contributed by atoms with Gasteiger partial charge in [-0.3, -0.25) is 4.79 Å². The summed E-state index contributed by atoms with van der Waals surface area (Å²) in [4.78, 5) is 11.9. The first-order valence-electron chi connectivity index (χ1n) is 7.12. The lowest BCUT2D eigenvalue weighted by Crippen LogP contribution is -2.33. The van der Waals surface area contributed by atoms with Crippen molar-refractivity contribution in [1.82, 2.24) is 4.31 Å². The molecule has 0 heterocycles. The highest BCUT2D eigenvalue weighted by atomic mass is 32.2. The minimum absolute atomic E-state index is 0.0521. The molecular formula is C15H21N3O3S. The van der Waals surface area contributed by atoms with Crippen molar-refractivity contribution in [1.29, 1.82) is 5.26 Å². The van der Waals surface area contributed by atoms with Crippen LogP contribution in [0.1, 0.15) is 31.7 Å². The highest BCUT2D eigenvalue weighted by Gasteiger charge is 2.17. The molecule has 0 spiro atoms. The van der Waals surface area contributed by atoms with E-state index in [0.29, 0.717) is 17.8 Å². The van der Waals surface area contributed by atoms with Crippen LogP contribution in [-0.2, 0) is 14.8 Å². The Kier molecular flexibility index (Phi) is 7.02. The van der Waals surface area contributed by atoms with E-state index in [-0.39, 0.29) is 18.9 Å². The largest absolute Gasteiger partial charge is 0.325 e. The zero-order chi connectivity index (χ0) is 16.6. The van der Waals surface area contributed by atoms with E-state index in [4.69, 9.17) is 5.26 Å². The maximum atomic E-state index is 11.9. The summed E-state index contributed by atoms with van der Waals surface area (Å²) in [5, 5.41) is 11.6. The van der Waals surface area contributed by atoms with Gasteiger partial charge in [0.1, 0.15) is 6.07 Å². The van der Waals surface area contributed by atoms with Gasteiger partial charge in [0, 0.05) is 19.5 Å². The summed E-state index contributed by atoms with van der Waals surface area (Å²) in [7, 11) is -3.32. The number of carbonyl (C=O) groups excluding carboxylic acids is 1. The Morgan fingerprint density at radius 3 is 2.59 bits per heavy atom. The van der Waals surface area contributed by atoms with Crippen LogP contribution in [0.15, 0.2) is 24.3 Å². The topological polar surface area (TPSA) is 90.3 Å². The SMILES string of the molecule is CCCCN(CCC(=O)Nc1ccccc1C#N)S(C)(=O)=O. The number of unbranched alkanes of at least 4 members (excludes halogenated alkanes) is 1. The predicted molar refractivity (Wildman–Crippen MR) is 85.7 cm³/mol. The van der Waals surface area contributed by atoms with E-state index in [1.54, 1.807) is 24.3 Å². The minimum atomic E-state index is -3.32. The van der Waals surface area contributed by atoms with Crippen molar-refractivity contribution < 1.29 is 13.2 Å². The van der Waals surface area contributed by atoms with Crippen molar-refractivity contribution in [3.8, 4) is 6.07 Å². The summed E-state index contributed by atoms with van der Waals surface area (Å²) in [5.41, 5.74) is 0.816. The van der Waals surface area contributed by atoms with Crippen molar-refractivity contribution in [2.24, 2.45) is 0 Å². The number of hydrogen-bond acceptors (Lipinski definition) is 4. The second-order valence-electron chi connectivity index (χ2n) is 4.97. The van der Waals surface area contributed by atoms with Crippen molar-refractivity contribution in [2.75, 3.05) is 24.7 Å². The fraction of sp³-hybridized carbons (Fsp3) is 0.467. The summed E-state index contributed by atoms with van der Waals surface area (Å²) >= 11 is 0. The molecule has 6 nitrogen and oxygen atoms in total. The second kappa shape index (κ2) is 8.51. The zero-order valence-corrected chi connectivity index (χ0v) is 13.7. The van der Waals surface area contributed by atoms with E-state index in [1.807, 2.05) is 13.0 Å². The van der Waals surface area contributed by atoms with Crippen LogP contribution in [0.2, 0.25) is 0 Å². The molecule has 0 atom stereocenters. The number of nitrogens with one attached hydrogen (secondary N) is 1. The molecule has 1 N–H and O–H groups in total. The Morgan fingerprint density at radius 1 is 1.32 bits per heavy atom. The molecular weight excluding hydrogens is 302 g/mol. The normalized spacial score (nSPS) is 11.2. The third-order valence-corrected chi connectivity index (χ3v) is 4.44. The molecule has 0 radical (unpaired) electrons. The number of nitrogens with zero attached hydrogens (tertiary/aromatic N) is 2. The Labute approximate surface area is 131 Å². The van der Waals surface area contributed by atoms with Gasteiger partial charge < -0.3 is 5.32 Å². The number of amides is 1. The molecule has 1 rings (SSSR count). The van der Waals surface area contributed by atoms with E-state index >= 15 is 0 Å². The number of benzene rings is 1. The van der Waals surface area contributed by atoms with Gasteiger partial charge in [-0.05, 0) is 18.6 Å². The van der Waals surface area contributed by atoms with Crippen LogP contribution in [0.25, 0.3) is 0 Å². The standard InChI is InChI=1S/C15H21N3O3S/c1-3-4-10-18(22(2,20)21)11-9-15(19)17-14-8-6-5-7-13(14)12-16/h5-8H,3-4,9-11H2,1-2H3,(H,17,19). The van der Waals surface area contributed by atoms with Crippen LogP contribution < -0.4 is 5.32 Å². The van der Waals surface area contributed by atoms with E-state index in [2.05, 4.69) is 5.32 Å². The van der Waals surface area contributed by atoms with Gasteiger partial charge in [-0.15, -0.1) is 0 Å². The molecule has 0 unspecified atom stereocenters. The number of anilines is 1. The third kappa shape index (κ3) is 5.84. The van der Waals surface area contributed by atoms with Gasteiger partial charge >= 0.3 is 0 Å². The van der Waals surface area contributed by atoms with Crippen LogP contribution in [-0.4, -0.2) is 38.0 Å². The van der Waals surface area contributed by atoms with Gasteiger partial charge in [0.25, 0.3) is 0 Å². The molecule has 0 aromatic heterocycles. The summed E-state index contributed by atoms with van der Waals surface area (Å²) < 4.78 is 24.6. The Morgan fingerprint density at radius 2 is 2.00 bits per heavy atom. The minimum Gasteiger partial charge on any atom is -0.325 e. The molecule has 0 saturated heterocycles. The molecule has 0 aliphatic carbocycles. The Bertz CT molecular complexity index is 650. The molecule has 0 saturated carbocycles. The van der Waals surface area contributed by atoms with E-state index in [0.717, 1.165) is 19.1 Å². The first-order chi connectivity index (χ1) is 10.4. The van der Waals surface area contributed by atoms with E-state index in [9.17, 15) is 13.2 Å². The monoisotopic (exact) mass is 323 g/mol. The van der Waals surface area contributed by atoms with Gasteiger partial charge in [0.05, 0.1) is 17.5 Å². The van der Waals surface area contributed by atoms with Crippen LogP contribution in [0.4, 0.5) is 5.69 Å². The molecule has 22 heavy (non-hydrogen) atoms. The Hall–Kier alpha value is -1.91. The summed E-state index contributed by atoms with van der Waals surface area (Å²) in [5.74, 6) is -0.312. The molecule has 0 bridgehead atoms.